The lowest BCUT2D eigenvalue weighted by atomic mass is 9.73. The van der Waals surface area contributed by atoms with Gasteiger partial charge in [-0.05, 0) is 206 Å². The molecule has 3 fully saturated rings. The van der Waals surface area contributed by atoms with Crippen LogP contribution in [0.3, 0.4) is 0 Å². The number of nitrogens with zero attached hydrogens (tertiary/aromatic N) is 2. The maximum absolute atomic E-state index is 15.8. The molecule has 2 bridgehead atoms. The summed E-state index contributed by atoms with van der Waals surface area (Å²) in [7, 11) is 0. The van der Waals surface area contributed by atoms with Gasteiger partial charge in [0.1, 0.15) is 0 Å². The van der Waals surface area contributed by atoms with Gasteiger partial charge in [-0.15, -0.1) is 0 Å². The van der Waals surface area contributed by atoms with Gasteiger partial charge in [0.2, 0.25) is 0 Å². The van der Waals surface area contributed by atoms with Crippen LogP contribution in [0.15, 0.2) is 121 Å². The van der Waals surface area contributed by atoms with Gasteiger partial charge in [-0.2, -0.15) is 0 Å². The Bertz CT molecular complexity index is 4860. The molecule has 0 amide bonds. The van der Waals surface area contributed by atoms with Gasteiger partial charge in [-0.25, -0.2) is 0 Å². The average Bonchev–Trinajstić information content (AvgIpc) is 2.68. The number of fused-ring (bicyclic) bond motifs is 20. The van der Waals surface area contributed by atoms with Gasteiger partial charge in [0.05, 0.1) is 33.1 Å². The van der Waals surface area contributed by atoms with Crippen molar-refractivity contribution in [2.24, 2.45) is 11.3 Å². The van der Waals surface area contributed by atoms with Crippen molar-refractivity contribution < 1.29 is 9.59 Å². The average molecular weight is 1010 g/mol. The van der Waals surface area contributed by atoms with Crippen molar-refractivity contribution >= 4 is 109 Å². The molecule has 4 heteroatoms. The van der Waals surface area contributed by atoms with Crippen LogP contribution in [0.25, 0.3) is 120 Å². The van der Waals surface area contributed by atoms with E-state index in [1.165, 1.54) is 168 Å². The summed E-state index contributed by atoms with van der Waals surface area (Å²) in [5.74, 6) is 1.27. The summed E-state index contributed by atoms with van der Waals surface area (Å²) in [5.41, 5.74) is 21.7. The van der Waals surface area contributed by atoms with Gasteiger partial charge in [0.15, 0.2) is 11.6 Å². The van der Waals surface area contributed by atoms with Gasteiger partial charge >= 0.3 is 0 Å². The first-order valence-electron chi connectivity index (χ1n) is 29.7. The second-order valence-corrected chi connectivity index (χ2v) is 25.7. The number of Topliss-reactive ketones (excluding diaryl/α,β-unsaturated/α-hetero) is 2. The lowest BCUT2D eigenvalue weighted by Crippen LogP contribution is -2.27. The molecule has 3 saturated carbocycles. The zero-order valence-electron chi connectivity index (χ0n) is 45.3. The van der Waals surface area contributed by atoms with Gasteiger partial charge in [-0.3, -0.25) is 9.59 Å². The highest BCUT2D eigenvalue weighted by molar-refractivity contribution is 6.41. The van der Waals surface area contributed by atoms with Crippen LogP contribution in [0.2, 0.25) is 0 Å². The summed E-state index contributed by atoms with van der Waals surface area (Å²) in [6.07, 6.45) is 15.4. The van der Waals surface area contributed by atoms with Crippen molar-refractivity contribution in [3.05, 3.63) is 166 Å². The number of aryl methyl sites for hydroxylation is 4. The van der Waals surface area contributed by atoms with E-state index < -0.39 is 0 Å². The number of ketones is 2. The summed E-state index contributed by atoms with van der Waals surface area (Å²) >= 11 is 0. The number of hydrogen-bond acceptors (Lipinski definition) is 2. The fraction of sp³-hybridized carbons (Fsp3) is 0.297. The van der Waals surface area contributed by atoms with Gasteiger partial charge in [0, 0.05) is 76.7 Å². The zero-order chi connectivity index (χ0) is 51.8. The van der Waals surface area contributed by atoms with Crippen LogP contribution in [-0.4, -0.2) is 20.4 Å². The van der Waals surface area contributed by atoms with E-state index in [4.69, 9.17) is 0 Å². The SMILES string of the molecule is Cc1cccc(C)c1-c1c2ccccc2c2c3cc4c(cc3n3c5cc6c7c(-c8c(C)cccc8C)c8ccccc8c8c9cc%10c(cc9n(c6cc5c1c23)c78)C(=O)C1(CCCC1)CCC%101CCCC1)C(=O)C1CCC4CC1. The van der Waals surface area contributed by atoms with E-state index in [1.807, 2.05) is 0 Å². The van der Waals surface area contributed by atoms with E-state index >= 15 is 4.79 Å². The number of carbonyl (C=O) groups excluding carboxylic acids is 2. The molecule has 0 atom stereocenters. The van der Waals surface area contributed by atoms with E-state index in [9.17, 15) is 4.79 Å². The largest absolute Gasteiger partial charge is 0.308 e. The van der Waals surface area contributed by atoms with Crippen LogP contribution in [0.1, 0.15) is 150 Å². The van der Waals surface area contributed by atoms with Crippen LogP contribution >= 0.6 is 0 Å². The molecule has 9 aromatic carbocycles. The number of hydrogen-bond donors (Lipinski definition) is 0. The maximum atomic E-state index is 15.8. The molecule has 4 aromatic heterocycles. The third kappa shape index (κ3) is 5.34. The molecule has 19 rings (SSSR count). The lowest BCUT2D eigenvalue weighted by Gasteiger charge is -2.30. The molecule has 2 spiro atoms. The minimum Gasteiger partial charge on any atom is -0.308 e. The van der Waals surface area contributed by atoms with E-state index in [0.29, 0.717) is 17.5 Å². The van der Waals surface area contributed by atoms with Crippen LogP contribution < -0.4 is 0 Å². The molecule has 0 aliphatic heterocycles. The van der Waals surface area contributed by atoms with E-state index in [-0.39, 0.29) is 16.7 Å². The second kappa shape index (κ2) is 15.2. The van der Waals surface area contributed by atoms with Crippen LogP contribution in [0.4, 0.5) is 0 Å². The summed E-state index contributed by atoms with van der Waals surface area (Å²) in [6, 6.07) is 47.0. The first kappa shape index (κ1) is 44.4. The third-order valence-electron chi connectivity index (χ3n) is 22.1. The monoisotopic (exact) mass is 1010 g/mol. The molecule has 0 saturated heterocycles. The van der Waals surface area contributed by atoms with E-state index in [2.05, 4.69) is 158 Å². The fourth-order valence-corrected chi connectivity index (χ4v) is 18.5. The van der Waals surface area contributed by atoms with Crippen molar-refractivity contribution in [3.8, 4) is 22.3 Å². The second-order valence-electron chi connectivity index (χ2n) is 25.7. The minimum absolute atomic E-state index is 0.0315. The molecular weight excluding hydrogens is 949 g/mol. The third-order valence-corrected chi connectivity index (χ3v) is 22.1. The van der Waals surface area contributed by atoms with Crippen molar-refractivity contribution in [2.75, 3.05) is 0 Å². The van der Waals surface area contributed by atoms with Gasteiger partial charge in [-0.1, -0.05) is 111 Å². The van der Waals surface area contributed by atoms with Gasteiger partial charge in [0.25, 0.3) is 0 Å². The molecular formula is C74H62N2O2. The molecule has 78 heavy (non-hydrogen) atoms. The maximum Gasteiger partial charge on any atom is 0.169 e. The first-order valence-corrected chi connectivity index (χ1v) is 29.7. The summed E-state index contributed by atoms with van der Waals surface area (Å²) in [6.45, 7) is 9.16. The Hall–Kier alpha value is -7.56. The minimum atomic E-state index is -0.262. The first-order chi connectivity index (χ1) is 38.1. The predicted molar refractivity (Wildman–Crippen MR) is 324 cm³/mol. The zero-order valence-corrected chi connectivity index (χ0v) is 45.3. The van der Waals surface area contributed by atoms with Crippen LogP contribution in [0, 0.1) is 39.0 Å². The van der Waals surface area contributed by atoms with Gasteiger partial charge < -0.3 is 8.80 Å². The Morgan fingerprint density at radius 1 is 0.385 bits per heavy atom. The van der Waals surface area contributed by atoms with Crippen molar-refractivity contribution in [1.29, 1.82) is 0 Å². The highest BCUT2D eigenvalue weighted by Crippen LogP contribution is 2.59. The summed E-state index contributed by atoms with van der Waals surface area (Å²) in [5, 5.41) is 15.2. The summed E-state index contributed by atoms with van der Waals surface area (Å²) < 4.78 is 5.24. The summed E-state index contributed by atoms with van der Waals surface area (Å²) in [4.78, 5) is 30.6. The molecule has 0 unspecified atom stereocenters. The van der Waals surface area contributed by atoms with E-state index in [1.54, 1.807) is 0 Å². The topological polar surface area (TPSA) is 43.0 Å². The number of carbonyl (C=O) groups is 2. The Kier molecular flexibility index (Phi) is 8.64. The highest BCUT2D eigenvalue weighted by atomic mass is 16.1. The Labute approximate surface area is 453 Å². The number of aromatic nitrogens is 2. The van der Waals surface area contributed by atoms with E-state index in [0.717, 1.165) is 86.4 Å². The molecule has 6 aliphatic rings. The standard InChI is InChI=1S/C74H62N2O2/c1-39-15-13-16-40(2)61(39)65-47-21-7-5-19-45(47)63-52-33-49-43-23-25-44(26-24-43)71(77)50(49)35-57(52)75-59-37-55-60(38-54(59)67(65)69(63)75)76-58-36-51-56(73(27-9-10-28-73)31-32-74(72(51)78)29-11-12-30-74)34-53(58)64-46-20-6-8-22-48(46)66(68(55)70(64)76)62-41(3)17-14-18-42(62)4/h5-8,13-22,33-38,43-44H,9-12,23-32H2,1-4H3. The van der Waals surface area contributed by atoms with Crippen molar-refractivity contribution in [3.63, 3.8) is 0 Å². The molecule has 0 N–H and O–H groups in total. The lowest BCUT2D eigenvalue weighted by molar-refractivity contribution is 0.0781. The Morgan fingerprint density at radius 3 is 1.33 bits per heavy atom. The highest BCUT2D eigenvalue weighted by Gasteiger charge is 2.50. The Balaban J connectivity index is 1.09. The number of benzene rings is 9. The number of rotatable bonds is 2. The Morgan fingerprint density at radius 2 is 0.808 bits per heavy atom. The molecule has 0 radical (unpaired) electrons. The normalized spacial score (nSPS) is 20.1. The molecule has 4 nitrogen and oxygen atoms in total. The fourth-order valence-electron chi connectivity index (χ4n) is 18.5. The van der Waals surface area contributed by atoms with Crippen molar-refractivity contribution in [1.82, 2.24) is 8.80 Å². The quantitative estimate of drug-likeness (QED) is 0.173. The van der Waals surface area contributed by atoms with Crippen LogP contribution in [-0.2, 0) is 5.41 Å². The molecule has 4 heterocycles. The van der Waals surface area contributed by atoms with Crippen molar-refractivity contribution in [2.45, 2.75) is 129 Å². The van der Waals surface area contributed by atoms with Crippen LogP contribution in [0.5, 0.6) is 0 Å². The smallest absolute Gasteiger partial charge is 0.169 e. The molecule has 6 aliphatic carbocycles. The molecule has 380 valence electrons. The predicted octanol–water partition coefficient (Wildman–Crippen LogP) is 19.7. The molecule has 13 aromatic rings.